The van der Waals surface area contributed by atoms with Gasteiger partial charge in [0, 0.05) is 32.7 Å². The summed E-state index contributed by atoms with van der Waals surface area (Å²) < 4.78 is 10.9. The Kier molecular flexibility index (Phi) is 4.18. The molecule has 1 aliphatic heterocycles. The molecule has 0 amide bonds. The fourth-order valence-electron chi connectivity index (χ4n) is 2.53. The van der Waals surface area contributed by atoms with E-state index in [1.54, 1.807) is 25.6 Å². The van der Waals surface area contributed by atoms with Crippen molar-refractivity contribution < 1.29 is 9.47 Å². The standard InChI is InChI=1S/C13H16ClN3O2S/c1-18-9-5-17(6-10(9)19-2)7-11-15-12(14)8-3-4-20-13(8)16-11/h3-4,9-10H,5-7H2,1-2H3. The molecule has 0 N–H and O–H groups in total. The van der Waals surface area contributed by atoms with Gasteiger partial charge in [-0.05, 0) is 11.4 Å². The van der Waals surface area contributed by atoms with Crippen LogP contribution in [0.5, 0.6) is 0 Å². The first kappa shape index (κ1) is 14.2. The molecule has 0 saturated carbocycles. The Morgan fingerprint density at radius 1 is 1.30 bits per heavy atom. The van der Waals surface area contributed by atoms with Crippen molar-refractivity contribution in [1.82, 2.24) is 14.9 Å². The Morgan fingerprint density at radius 2 is 2.00 bits per heavy atom. The van der Waals surface area contributed by atoms with Gasteiger partial charge in [0.1, 0.15) is 15.8 Å². The van der Waals surface area contributed by atoms with Crippen molar-refractivity contribution >= 4 is 33.2 Å². The summed E-state index contributed by atoms with van der Waals surface area (Å²) in [4.78, 5) is 12.1. The van der Waals surface area contributed by atoms with Crippen molar-refractivity contribution in [2.24, 2.45) is 0 Å². The lowest BCUT2D eigenvalue weighted by Crippen LogP contribution is -2.27. The first-order valence-electron chi connectivity index (χ1n) is 6.39. The summed E-state index contributed by atoms with van der Waals surface area (Å²) in [5.74, 6) is 0.747. The number of ether oxygens (including phenoxy) is 2. The van der Waals surface area contributed by atoms with E-state index in [1.165, 1.54) is 0 Å². The van der Waals surface area contributed by atoms with Gasteiger partial charge in [0.05, 0.1) is 18.8 Å². The van der Waals surface area contributed by atoms with Crippen LogP contribution in [0.25, 0.3) is 10.2 Å². The number of hydrogen-bond acceptors (Lipinski definition) is 6. The third-order valence-electron chi connectivity index (χ3n) is 3.59. The van der Waals surface area contributed by atoms with Crippen molar-refractivity contribution in [2.75, 3.05) is 27.3 Å². The van der Waals surface area contributed by atoms with Crippen molar-refractivity contribution in [3.63, 3.8) is 0 Å². The highest BCUT2D eigenvalue weighted by Gasteiger charge is 2.33. The summed E-state index contributed by atoms with van der Waals surface area (Å²) >= 11 is 7.77. The molecule has 2 atom stereocenters. The maximum atomic E-state index is 6.19. The molecule has 1 fully saturated rings. The fourth-order valence-corrected chi connectivity index (χ4v) is 3.62. The summed E-state index contributed by atoms with van der Waals surface area (Å²) in [6, 6.07) is 1.95. The zero-order valence-electron chi connectivity index (χ0n) is 11.4. The first-order chi connectivity index (χ1) is 9.71. The molecule has 1 aliphatic rings. The predicted molar refractivity (Wildman–Crippen MR) is 79.3 cm³/mol. The van der Waals surface area contributed by atoms with Crippen molar-refractivity contribution in [3.8, 4) is 0 Å². The van der Waals surface area contributed by atoms with Gasteiger partial charge in [0.15, 0.2) is 0 Å². The second-order valence-electron chi connectivity index (χ2n) is 4.81. The lowest BCUT2D eigenvalue weighted by atomic mass is 10.3. The molecule has 5 nitrogen and oxygen atoms in total. The van der Waals surface area contributed by atoms with Crippen LogP contribution < -0.4 is 0 Å². The van der Waals surface area contributed by atoms with E-state index in [9.17, 15) is 0 Å². The molecule has 0 aliphatic carbocycles. The Labute approximate surface area is 126 Å². The Hall–Kier alpha value is -0.790. The summed E-state index contributed by atoms with van der Waals surface area (Å²) in [7, 11) is 3.43. The molecule has 3 heterocycles. The van der Waals surface area contributed by atoms with E-state index in [1.807, 2.05) is 11.4 Å². The van der Waals surface area contributed by atoms with Crippen molar-refractivity contribution in [1.29, 1.82) is 0 Å². The second-order valence-corrected chi connectivity index (χ2v) is 6.07. The van der Waals surface area contributed by atoms with E-state index in [-0.39, 0.29) is 12.2 Å². The highest BCUT2D eigenvalue weighted by molar-refractivity contribution is 7.16. The van der Waals surface area contributed by atoms with Crippen LogP contribution in [-0.2, 0) is 16.0 Å². The summed E-state index contributed by atoms with van der Waals surface area (Å²) in [6.07, 6.45) is 0.196. The maximum Gasteiger partial charge on any atom is 0.145 e. The lowest BCUT2D eigenvalue weighted by Gasteiger charge is -2.13. The molecule has 7 heteroatoms. The highest BCUT2D eigenvalue weighted by atomic mass is 35.5. The van der Waals surface area contributed by atoms with Crippen molar-refractivity contribution in [3.05, 3.63) is 22.4 Å². The minimum Gasteiger partial charge on any atom is -0.377 e. The highest BCUT2D eigenvalue weighted by Crippen LogP contribution is 2.25. The molecule has 2 aromatic heterocycles. The zero-order chi connectivity index (χ0) is 14.1. The number of hydrogen-bond donors (Lipinski definition) is 0. The lowest BCUT2D eigenvalue weighted by molar-refractivity contribution is -0.00461. The molecule has 0 bridgehead atoms. The topological polar surface area (TPSA) is 47.5 Å². The van der Waals surface area contributed by atoms with Gasteiger partial charge < -0.3 is 9.47 Å². The van der Waals surface area contributed by atoms with Gasteiger partial charge in [0.25, 0.3) is 0 Å². The molecule has 0 radical (unpaired) electrons. The van der Waals surface area contributed by atoms with Crippen LogP contribution in [0, 0.1) is 0 Å². The largest absolute Gasteiger partial charge is 0.377 e. The number of rotatable bonds is 4. The number of likely N-dealkylation sites (tertiary alicyclic amines) is 1. The average molecular weight is 314 g/mol. The molecule has 20 heavy (non-hydrogen) atoms. The van der Waals surface area contributed by atoms with E-state index in [2.05, 4.69) is 14.9 Å². The third kappa shape index (κ3) is 2.66. The van der Waals surface area contributed by atoms with Crippen LogP contribution in [-0.4, -0.2) is 54.4 Å². The van der Waals surface area contributed by atoms with E-state index < -0.39 is 0 Å². The zero-order valence-corrected chi connectivity index (χ0v) is 12.9. The molecule has 3 rings (SSSR count). The fraction of sp³-hybridized carbons (Fsp3) is 0.538. The van der Waals surface area contributed by atoms with Gasteiger partial charge in [-0.15, -0.1) is 11.3 Å². The number of nitrogens with zero attached hydrogens (tertiary/aromatic N) is 3. The SMILES string of the molecule is COC1CN(Cc2nc(Cl)c3ccsc3n2)CC1OC. The molecule has 108 valence electrons. The second kappa shape index (κ2) is 5.91. The first-order valence-corrected chi connectivity index (χ1v) is 7.64. The van der Waals surface area contributed by atoms with Gasteiger partial charge >= 0.3 is 0 Å². The maximum absolute atomic E-state index is 6.19. The van der Waals surface area contributed by atoms with E-state index >= 15 is 0 Å². The minimum absolute atomic E-state index is 0.0981. The normalized spacial score (nSPS) is 23.8. The van der Waals surface area contributed by atoms with Gasteiger partial charge in [0.2, 0.25) is 0 Å². The van der Waals surface area contributed by atoms with Crippen LogP contribution in [0.1, 0.15) is 5.82 Å². The Morgan fingerprint density at radius 3 is 2.65 bits per heavy atom. The van der Waals surface area contributed by atoms with Gasteiger partial charge in [-0.2, -0.15) is 0 Å². The van der Waals surface area contributed by atoms with E-state index in [0.717, 1.165) is 29.1 Å². The predicted octanol–water partition coefficient (Wildman–Crippen LogP) is 2.19. The van der Waals surface area contributed by atoms with Crippen LogP contribution in [0.3, 0.4) is 0 Å². The van der Waals surface area contributed by atoms with Gasteiger partial charge in [-0.3, -0.25) is 4.90 Å². The third-order valence-corrected chi connectivity index (χ3v) is 4.68. The number of thiophene rings is 1. The summed E-state index contributed by atoms with van der Waals surface area (Å²) in [5.41, 5.74) is 0. The van der Waals surface area contributed by atoms with Crippen LogP contribution in [0.15, 0.2) is 11.4 Å². The number of halogens is 1. The molecular weight excluding hydrogens is 298 g/mol. The minimum atomic E-state index is 0.0981. The monoisotopic (exact) mass is 313 g/mol. The summed E-state index contributed by atoms with van der Waals surface area (Å²) in [5, 5.41) is 3.43. The summed E-state index contributed by atoms with van der Waals surface area (Å²) in [6.45, 7) is 2.30. The van der Waals surface area contributed by atoms with Gasteiger partial charge in [-0.25, -0.2) is 9.97 Å². The number of aromatic nitrogens is 2. The number of fused-ring (bicyclic) bond motifs is 1. The number of methoxy groups -OCH3 is 2. The Bertz CT molecular complexity index is 594. The molecular formula is C13H16ClN3O2S. The average Bonchev–Trinajstić information content (AvgIpc) is 3.04. The van der Waals surface area contributed by atoms with E-state index in [0.29, 0.717) is 11.7 Å². The van der Waals surface area contributed by atoms with Crippen LogP contribution in [0.4, 0.5) is 0 Å². The molecule has 1 saturated heterocycles. The van der Waals surface area contributed by atoms with Crippen LogP contribution in [0.2, 0.25) is 5.15 Å². The molecule has 0 aromatic carbocycles. The van der Waals surface area contributed by atoms with Gasteiger partial charge in [-0.1, -0.05) is 11.6 Å². The van der Waals surface area contributed by atoms with Crippen molar-refractivity contribution in [2.45, 2.75) is 18.8 Å². The molecule has 2 unspecified atom stereocenters. The van der Waals surface area contributed by atoms with Crippen LogP contribution >= 0.6 is 22.9 Å². The van der Waals surface area contributed by atoms with E-state index in [4.69, 9.17) is 21.1 Å². The molecule has 0 spiro atoms. The molecule has 2 aromatic rings. The Balaban J connectivity index is 1.76. The quantitative estimate of drug-likeness (QED) is 0.810. The smallest absolute Gasteiger partial charge is 0.145 e.